The van der Waals surface area contributed by atoms with Crippen molar-refractivity contribution in [3.05, 3.63) is 70.8 Å². The predicted octanol–water partition coefficient (Wildman–Crippen LogP) is 3.86. The van der Waals surface area contributed by atoms with Crippen molar-refractivity contribution in [2.75, 3.05) is 26.2 Å². The van der Waals surface area contributed by atoms with E-state index in [1.165, 1.54) is 0 Å². The zero-order valence-electron chi connectivity index (χ0n) is 24.4. The fourth-order valence-electron chi connectivity index (χ4n) is 8.18. The summed E-state index contributed by atoms with van der Waals surface area (Å²) < 4.78 is 0. The molecule has 4 amide bonds. The molecule has 0 saturated carbocycles. The molecule has 0 unspecified atom stereocenters. The molecule has 2 spiro atoms. The first kappa shape index (κ1) is 27.2. The Morgan fingerprint density at radius 3 is 0.810 bits per heavy atom. The highest BCUT2D eigenvalue weighted by Crippen LogP contribution is 2.43. The Labute approximate surface area is 247 Å². The quantitative estimate of drug-likeness (QED) is 0.452. The number of nitrogens with zero attached hydrogens (tertiary/aromatic N) is 4. The fourth-order valence-corrected chi connectivity index (χ4v) is 8.18. The summed E-state index contributed by atoms with van der Waals surface area (Å²) in [5.41, 5.74) is 2.17. The van der Waals surface area contributed by atoms with E-state index in [1.807, 2.05) is 68.1 Å². The Bertz CT molecular complexity index is 1190. The van der Waals surface area contributed by atoms with Crippen LogP contribution in [-0.4, -0.2) is 69.4 Å². The third-order valence-corrected chi connectivity index (χ3v) is 10.5. The van der Waals surface area contributed by atoms with Gasteiger partial charge in [-0.2, -0.15) is 0 Å². The molecule has 42 heavy (non-hydrogen) atoms. The Morgan fingerprint density at radius 2 is 0.595 bits per heavy atom. The van der Waals surface area contributed by atoms with Gasteiger partial charge in [0.05, 0.1) is 0 Å². The molecule has 2 aromatic carbocycles. The lowest BCUT2D eigenvalue weighted by Crippen LogP contribution is -2.59. The van der Waals surface area contributed by atoms with Gasteiger partial charge in [-0.05, 0) is 73.6 Å². The van der Waals surface area contributed by atoms with Crippen LogP contribution < -0.4 is 0 Å². The molecule has 0 N–H and O–H groups in total. The fraction of sp³-hybridized carbons (Fsp3) is 0.529. The van der Waals surface area contributed by atoms with Crippen LogP contribution in [-0.2, 0) is 45.4 Å². The second kappa shape index (κ2) is 10.5. The van der Waals surface area contributed by atoms with Gasteiger partial charge in [-0.1, -0.05) is 48.5 Å². The average Bonchev–Trinajstić information content (AvgIpc) is 3.00. The third kappa shape index (κ3) is 4.50. The van der Waals surface area contributed by atoms with E-state index in [0.29, 0.717) is 78.0 Å². The molecule has 4 fully saturated rings. The van der Waals surface area contributed by atoms with E-state index < -0.39 is 10.8 Å². The van der Waals surface area contributed by atoms with Gasteiger partial charge in [0.25, 0.3) is 0 Å². The average molecular weight is 569 g/mol. The molecule has 10 bridgehead atoms. The summed E-state index contributed by atoms with van der Waals surface area (Å²) in [7, 11) is 0. The molecule has 4 saturated heterocycles. The Balaban J connectivity index is 1.23. The molecule has 8 heterocycles. The molecule has 0 aliphatic carbocycles. The monoisotopic (exact) mass is 568 g/mol. The van der Waals surface area contributed by atoms with E-state index in [4.69, 9.17) is 0 Å². The number of amides is 4. The number of piperidine rings is 4. The largest absolute Gasteiger partial charge is 0.337 e. The molecule has 8 aliphatic rings. The zero-order chi connectivity index (χ0) is 28.9. The summed E-state index contributed by atoms with van der Waals surface area (Å²) in [4.78, 5) is 63.2. The standard InChI is InChI=1S/C34H40N4O4/c39-29-33-13-1-17-35(29)21-25-5-7-27(8-6-25)23-37-19-3-15-34(31(37)41)16-4-20-38(32(34)42)24-28-11-9-26(10-12-28)22-36(30(33)40)18-2-14-33/h5-12H,1-4,13-24H2. The van der Waals surface area contributed by atoms with Gasteiger partial charge in [0.15, 0.2) is 0 Å². The topological polar surface area (TPSA) is 81.2 Å². The molecule has 10 rings (SSSR count). The third-order valence-electron chi connectivity index (χ3n) is 10.5. The van der Waals surface area contributed by atoms with E-state index in [-0.39, 0.29) is 23.6 Å². The van der Waals surface area contributed by atoms with Crippen LogP contribution in [0.25, 0.3) is 0 Å². The maximum absolute atomic E-state index is 13.9. The van der Waals surface area contributed by atoms with Crippen molar-refractivity contribution in [3.8, 4) is 0 Å². The minimum Gasteiger partial charge on any atom is -0.337 e. The molecule has 8 heteroatoms. The molecule has 8 nitrogen and oxygen atoms in total. The highest BCUT2D eigenvalue weighted by molar-refractivity contribution is 6.06. The number of hydrogen-bond donors (Lipinski definition) is 0. The van der Waals surface area contributed by atoms with Gasteiger partial charge in [-0.15, -0.1) is 0 Å². The van der Waals surface area contributed by atoms with Crippen molar-refractivity contribution in [2.24, 2.45) is 10.8 Å². The van der Waals surface area contributed by atoms with Gasteiger partial charge < -0.3 is 19.6 Å². The van der Waals surface area contributed by atoms with Crippen molar-refractivity contribution >= 4 is 23.6 Å². The van der Waals surface area contributed by atoms with Crippen molar-refractivity contribution in [1.29, 1.82) is 0 Å². The molecule has 0 radical (unpaired) electrons. The van der Waals surface area contributed by atoms with Gasteiger partial charge >= 0.3 is 0 Å². The predicted molar refractivity (Wildman–Crippen MR) is 156 cm³/mol. The zero-order valence-corrected chi connectivity index (χ0v) is 24.4. The van der Waals surface area contributed by atoms with Crippen LogP contribution in [0.15, 0.2) is 48.5 Å². The first-order valence-corrected chi connectivity index (χ1v) is 15.7. The minimum absolute atomic E-state index is 0.0283. The number of benzene rings is 2. The van der Waals surface area contributed by atoms with E-state index in [9.17, 15) is 19.2 Å². The Hall–Kier alpha value is -3.68. The van der Waals surface area contributed by atoms with Crippen LogP contribution in [0.4, 0.5) is 0 Å². The Morgan fingerprint density at radius 1 is 0.381 bits per heavy atom. The molecule has 8 aliphatic heterocycles. The summed E-state index contributed by atoms with van der Waals surface area (Å²) >= 11 is 0. The number of rotatable bonds is 0. The van der Waals surface area contributed by atoms with Gasteiger partial charge in [-0.25, -0.2) is 0 Å². The Kier molecular flexibility index (Phi) is 6.82. The highest BCUT2D eigenvalue weighted by Gasteiger charge is 2.54. The smallest absolute Gasteiger partial charge is 0.238 e. The van der Waals surface area contributed by atoms with Crippen molar-refractivity contribution < 1.29 is 19.2 Å². The maximum Gasteiger partial charge on any atom is 0.238 e. The summed E-state index contributed by atoms with van der Waals surface area (Å²) in [6.45, 7) is 4.55. The molecule has 0 aromatic heterocycles. The molecule has 0 atom stereocenters. The number of carbonyl (C=O) groups excluding carboxylic acids is 4. The van der Waals surface area contributed by atoms with E-state index >= 15 is 0 Å². The van der Waals surface area contributed by atoms with Gasteiger partial charge in [-0.3, -0.25) is 19.2 Å². The molecular weight excluding hydrogens is 528 g/mol. The van der Waals surface area contributed by atoms with Crippen molar-refractivity contribution in [3.63, 3.8) is 0 Å². The normalized spacial score (nSPS) is 24.0. The van der Waals surface area contributed by atoms with Crippen LogP contribution in [0.2, 0.25) is 0 Å². The second-order valence-electron chi connectivity index (χ2n) is 13.1. The minimum atomic E-state index is -0.955. The van der Waals surface area contributed by atoms with E-state index in [2.05, 4.69) is 0 Å². The summed E-state index contributed by atoms with van der Waals surface area (Å²) in [5.74, 6) is -0.113. The van der Waals surface area contributed by atoms with E-state index in [1.54, 1.807) is 0 Å². The highest BCUT2D eigenvalue weighted by atomic mass is 16.2. The number of hydrogen-bond acceptors (Lipinski definition) is 4. The molecular formula is C34H40N4O4. The molecule has 2 aromatic rings. The molecule has 220 valence electrons. The first-order valence-electron chi connectivity index (χ1n) is 15.7. The lowest BCUT2D eigenvalue weighted by atomic mass is 9.72. The second-order valence-corrected chi connectivity index (χ2v) is 13.1. The first-order chi connectivity index (χ1) is 20.4. The van der Waals surface area contributed by atoms with Crippen molar-refractivity contribution in [1.82, 2.24) is 19.6 Å². The van der Waals surface area contributed by atoms with Crippen LogP contribution >= 0.6 is 0 Å². The van der Waals surface area contributed by atoms with E-state index in [0.717, 1.165) is 47.9 Å². The van der Waals surface area contributed by atoms with Gasteiger partial charge in [0.2, 0.25) is 23.6 Å². The maximum atomic E-state index is 13.9. The van der Waals surface area contributed by atoms with Gasteiger partial charge in [0.1, 0.15) is 10.8 Å². The summed E-state index contributed by atoms with van der Waals surface area (Å²) in [6.07, 6.45) is 5.77. The van der Waals surface area contributed by atoms with Crippen LogP contribution in [0, 0.1) is 10.8 Å². The van der Waals surface area contributed by atoms with Crippen molar-refractivity contribution in [2.45, 2.75) is 77.5 Å². The lowest BCUT2D eigenvalue weighted by Gasteiger charge is -2.46. The summed E-state index contributed by atoms with van der Waals surface area (Å²) in [5, 5.41) is 0. The van der Waals surface area contributed by atoms with Gasteiger partial charge in [0, 0.05) is 52.4 Å². The lowest BCUT2D eigenvalue weighted by molar-refractivity contribution is -0.166. The SMILES string of the molecule is O=C1N2CCCC13CCCN(Cc1ccc(cc1)CN1CCCC4(CCCN(Cc5ccc(cc5)C2)C4=O)C1=O)C3=O. The summed E-state index contributed by atoms with van der Waals surface area (Å²) in [6, 6.07) is 16.3. The van der Waals surface area contributed by atoms with Crippen LogP contribution in [0.3, 0.4) is 0 Å². The number of carbonyl (C=O) groups is 4. The van der Waals surface area contributed by atoms with Crippen LogP contribution in [0.1, 0.15) is 73.6 Å². The van der Waals surface area contributed by atoms with Crippen LogP contribution in [0.5, 0.6) is 0 Å².